The molecule has 174 valence electrons. The Labute approximate surface area is 187 Å². The van der Waals surface area contributed by atoms with Crippen LogP contribution in [0.5, 0.6) is 0 Å². The average Bonchev–Trinajstić information content (AvgIpc) is 2.72. The highest BCUT2D eigenvalue weighted by atomic mass is 16.6. The van der Waals surface area contributed by atoms with Gasteiger partial charge in [-0.1, -0.05) is 56.2 Å². The van der Waals surface area contributed by atoms with Crippen LogP contribution in [-0.2, 0) is 28.6 Å². The van der Waals surface area contributed by atoms with Gasteiger partial charge in [-0.15, -0.1) is 0 Å². The zero-order valence-corrected chi connectivity index (χ0v) is 19.4. The second-order valence-electron chi connectivity index (χ2n) is 7.06. The van der Waals surface area contributed by atoms with E-state index >= 15 is 0 Å². The third-order valence-corrected chi connectivity index (χ3v) is 4.19. The normalized spacial score (nSPS) is 13.8. The lowest BCUT2D eigenvalue weighted by atomic mass is 10.1. The Morgan fingerprint density at radius 2 is 1.42 bits per heavy atom. The molecule has 0 aliphatic carbocycles. The van der Waals surface area contributed by atoms with Gasteiger partial charge in [-0.2, -0.15) is 0 Å². The maximum absolute atomic E-state index is 11.5. The van der Waals surface area contributed by atoms with Gasteiger partial charge in [-0.25, -0.2) is 0 Å². The predicted molar refractivity (Wildman–Crippen MR) is 122 cm³/mol. The Balaban J connectivity index is 4.73. The molecule has 31 heavy (non-hydrogen) atoms. The molecule has 0 N–H and O–H groups in total. The Morgan fingerprint density at radius 3 is 2.03 bits per heavy atom. The predicted octanol–water partition coefficient (Wildman–Crippen LogP) is 5.39. The minimum absolute atomic E-state index is 0.191. The van der Waals surface area contributed by atoms with Gasteiger partial charge in [0, 0.05) is 20.3 Å². The molecule has 0 aliphatic rings. The highest BCUT2D eigenvalue weighted by Crippen LogP contribution is 2.11. The standard InChI is InChI=1S/C25H38O6/c1-5-6-7-12-15-18-23(30-21(2)26)24(31-22(3)27)19-16-13-10-8-9-11-14-17-20-25(28)29-4/h9-11,13,15-16,18-19,23-24H,5-8,12,14,17,20H2,1-4H3/b11-9-,13-10-,18-15-,19-16+/t23-,24+/m0/s1. The smallest absolute Gasteiger partial charge is 0.305 e. The number of carbonyl (C=O) groups excluding carboxylic acids is 3. The number of methoxy groups -OCH3 is 1. The monoisotopic (exact) mass is 434 g/mol. The number of rotatable bonds is 16. The van der Waals surface area contributed by atoms with E-state index in [9.17, 15) is 14.4 Å². The summed E-state index contributed by atoms with van der Waals surface area (Å²) in [5, 5.41) is 0. The van der Waals surface area contributed by atoms with Crippen molar-refractivity contribution in [3.63, 3.8) is 0 Å². The fraction of sp³-hybridized carbons (Fsp3) is 0.560. The van der Waals surface area contributed by atoms with E-state index in [1.165, 1.54) is 21.0 Å². The van der Waals surface area contributed by atoms with Gasteiger partial charge in [-0.3, -0.25) is 14.4 Å². The summed E-state index contributed by atoms with van der Waals surface area (Å²) in [6.45, 7) is 4.81. The van der Waals surface area contributed by atoms with Crippen molar-refractivity contribution in [2.45, 2.75) is 84.3 Å². The Bertz CT molecular complexity index is 630. The minimum atomic E-state index is -0.692. The molecule has 0 saturated carbocycles. The van der Waals surface area contributed by atoms with Crippen LogP contribution in [0.2, 0.25) is 0 Å². The number of esters is 3. The lowest BCUT2D eigenvalue weighted by Gasteiger charge is -2.21. The highest BCUT2D eigenvalue weighted by Gasteiger charge is 2.22. The van der Waals surface area contributed by atoms with Gasteiger partial charge in [0.25, 0.3) is 0 Å². The first kappa shape index (κ1) is 28.4. The van der Waals surface area contributed by atoms with Crippen LogP contribution in [0.3, 0.4) is 0 Å². The van der Waals surface area contributed by atoms with Gasteiger partial charge in [0.2, 0.25) is 0 Å². The molecule has 0 aromatic heterocycles. The highest BCUT2D eigenvalue weighted by molar-refractivity contribution is 5.69. The van der Waals surface area contributed by atoms with Crippen LogP contribution in [-0.4, -0.2) is 37.2 Å². The molecule has 2 atom stereocenters. The van der Waals surface area contributed by atoms with E-state index in [1.807, 2.05) is 30.4 Å². The molecule has 6 nitrogen and oxygen atoms in total. The molecule has 0 bridgehead atoms. The first-order valence-electron chi connectivity index (χ1n) is 11.0. The first-order chi connectivity index (χ1) is 14.9. The van der Waals surface area contributed by atoms with E-state index in [0.717, 1.165) is 44.9 Å². The number of hydrogen-bond donors (Lipinski definition) is 0. The number of hydrogen-bond acceptors (Lipinski definition) is 6. The van der Waals surface area contributed by atoms with Gasteiger partial charge in [0.15, 0.2) is 12.2 Å². The second-order valence-corrected chi connectivity index (χ2v) is 7.06. The fourth-order valence-electron chi connectivity index (χ4n) is 2.65. The molecule has 0 spiro atoms. The van der Waals surface area contributed by atoms with Crippen LogP contribution in [0.15, 0.2) is 48.6 Å². The molecule has 0 aliphatic heterocycles. The van der Waals surface area contributed by atoms with Crippen molar-refractivity contribution >= 4 is 17.9 Å². The van der Waals surface area contributed by atoms with Gasteiger partial charge in [0.1, 0.15) is 0 Å². The van der Waals surface area contributed by atoms with Crippen LogP contribution >= 0.6 is 0 Å². The molecule has 0 aromatic rings. The topological polar surface area (TPSA) is 78.9 Å². The maximum Gasteiger partial charge on any atom is 0.305 e. The summed E-state index contributed by atoms with van der Waals surface area (Å²) in [4.78, 5) is 34.0. The van der Waals surface area contributed by atoms with Gasteiger partial charge >= 0.3 is 17.9 Å². The van der Waals surface area contributed by atoms with E-state index in [0.29, 0.717) is 6.42 Å². The maximum atomic E-state index is 11.5. The quantitative estimate of drug-likeness (QED) is 0.107. The average molecular weight is 435 g/mol. The van der Waals surface area contributed by atoms with Gasteiger partial charge in [-0.05, 0) is 44.3 Å². The van der Waals surface area contributed by atoms with Crippen molar-refractivity contribution in [2.24, 2.45) is 0 Å². The van der Waals surface area contributed by atoms with Crippen LogP contribution in [0, 0.1) is 0 Å². The molecule has 0 fully saturated rings. The molecule has 0 radical (unpaired) electrons. The first-order valence-corrected chi connectivity index (χ1v) is 11.0. The number of allylic oxidation sites excluding steroid dienone is 6. The van der Waals surface area contributed by atoms with Crippen molar-refractivity contribution in [3.05, 3.63) is 48.6 Å². The van der Waals surface area contributed by atoms with Crippen molar-refractivity contribution < 1.29 is 28.6 Å². The molecule has 0 heterocycles. The summed E-state index contributed by atoms with van der Waals surface area (Å²) >= 11 is 0. The number of ether oxygens (including phenoxy) is 3. The van der Waals surface area contributed by atoms with Crippen LogP contribution in [0.25, 0.3) is 0 Å². The van der Waals surface area contributed by atoms with Crippen molar-refractivity contribution in [1.29, 1.82) is 0 Å². The van der Waals surface area contributed by atoms with Crippen LogP contribution in [0.4, 0.5) is 0 Å². The SMILES string of the molecule is CCCCC/C=C\[C@H](OC(C)=O)[C@@H](/C=C/C=C\C/C=C\CCCC(=O)OC)OC(C)=O. The third kappa shape index (κ3) is 17.9. The van der Waals surface area contributed by atoms with Crippen molar-refractivity contribution in [3.8, 4) is 0 Å². The molecule has 0 rings (SSSR count). The molecule has 0 saturated heterocycles. The summed E-state index contributed by atoms with van der Waals surface area (Å²) in [6, 6.07) is 0. The van der Waals surface area contributed by atoms with E-state index in [-0.39, 0.29) is 5.97 Å². The molecular weight excluding hydrogens is 396 g/mol. The van der Waals surface area contributed by atoms with E-state index < -0.39 is 24.1 Å². The van der Waals surface area contributed by atoms with Gasteiger partial charge < -0.3 is 14.2 Å². The zero-order valence-electron chi connectivity index (χ0n) is 19.4. The lowest BCUT2D eigenvalue weighted by Crippen LogP contribution is -2.31. The molecular formula is C25H38O6. The third-order valence-electron chi connectivity index (χ3n) is 4.19. The Kier molecular flexibility index (Phi) is 17.7. The van der Waals surface area contributed by atoms with E-state index in [2.05, 4.69) is 11.7 Å². The van der Waals surface area contributed by atoms with E-state index in [4.69, 9.17) is 9.47 Å². The van der Waals surface area contributed by atoms with Crippen molar-refractivity contribution in [2.75, 3.05) is 7.11 Å². The molecule has 0 amide bonds. The Morgan fingerprint density at radius 1 is 0.774 bits per heavy atom. The molecule has 0 unspecified atom stereocenters. The van der Waals surface area contributed by atoms with E-state index in [1.54, 1.807) is 18.2 Å². The summed E-state index contributed by atoms with van der Waals surface area (Å²) in [5.41, 5.74) is 0. The number of carbonyl (C=O) groups is 3. The summed E-state index contributed by atoms with van der Waals surface area (Å²) in [5.74, 6) is -1.06. The largest absolute Gasteiger partial charge is 0.469 e. The summed E-state index contributed by atoms with van der Waals surface area (Å²) in [7, 11) is 1.39. The van der Waals surface area contributed by atoms with Gasteiger partial charge in [0.05, 0.1) is 7.11 Å². The Hall–Kier alpha value is -2.63. The van der Waals surface area contributed by atoms with Crippen LogP contribution in [0.1, 0.15) is 72.1 Å². The fourth-order valence-corrected chi connectivity index (χ4v) is 2.65. The van der Waals surface area contributed by atoms with Crippen LogP contribution < -0.4 is 0 Å². The summed E-state index contributed by atoms with van der Waals surface area (Å²) in [6.07, 6.45) is 20.7. The second kappa shape index (κ2) is 19.3. The summed E-state index contributed by atoms with van der Waals surface area (Å²) < 4.78 is 15.3. The number of unbranched alkanes of at least 4 members (excludes halogenated alkanes) is 4. The zero-order chi connectivity index (χ0) is 23.3. The molecule has 0 aromatic carbocycles. The lowest BCUT2D eigenvalue weighted by molar-refractivity contribution is -0.158. The minimum Gasteiger partial charge on any atom is -0.469 e. The van der Waals surface area contributed by atoms with Crippen molar-refractivity contribution in [1.82, 2.24) is 0 Å². The molecule has 6 heteroatoms.